The second kappa shape index (κ2) is 4.27. The fourth-order valence-corrected chi connectivity index (χ4v) is 2.03. The normalized spacial score (nSPS) is 24.1. The zero-order valence-corrected chi connectivity index (χ0v) is 10.2. The lowest BCUT2D eigenvalue weighted by Gasteiger charge is -2.15. The highest BCUT2D eigenvalue weighted by atomic mass is 16.4. The molecule has 1 aliphatic heterocycles. The first-order chi connectivity index (χ1) is 7.99. The Kier molecular flexibility index (Phi) is 2.95. The highest BCUT2D eigenvalue weighted by molar-refractivity contribution is 5.72. The molecule has 2 heterocycles. The molecular weight excluding hydrogens is 220 g/mol. The van der Waals surface area contributed by atoms with Gasteiger partial charge in [0.1, 0.15) is 0 Å². The molecule has 0 unspecified atom stereocenters. The standard InChI is InChI=1S/C11H16N4O2/c1-6-4-15(5-9(6)10(16)17)11-12-7(2)8(3)13-14-11/h6,9H,4-5H2,1-3H3,(H,16,17)/t6-,9-/m1/s1. The largest absolute Gasteiger partial charge is 0.481 e. The summed E-state index contributed by atoms with van der Waals surface area (Å²) in [6.45, 7) is 6.79. The van der Waals surface area contributed by atoms with E-state index >= 15 is 0 Å². The summed E-state index contributed by atoms with van der Waals surface area (Å²) >= 11 is 0. The second-order valence-corrected chi connectivity index (χ2v) is 4.61. The third kappa shape index (κ3) is 2.20. The monoisotopic (exact) mass is 236 g/mol. The molecule has 0 amide bonds. The number of anilines is 1. The average Bonchev–Trinajstić information content (AvgIpc) is 2.64. The van der Waals surface area contributed by atoms with Gasteiger partial charge in [0.25, 0.3) is 0 Å². The summed E-state index contributed by atoms with van der Waals surface area (Å²) in [6.07, 6.45) is 0. The van der Waals surface area contributed by atoms with Crippen LogP contribution in [0.5, 0.6) is 0 Å². The van der Waals surface area contributed by atoms with Gasteiger partial charge < -0.3 is 10.0 Å². The fraction of sp³-hybridized carbons (Fsp3) is 0.636. The minimum atomic E-state index is -0.753. The van der Waals surface area contributed by atoms with E-state index in [0.717, 1.165) is 11.4 Å². The van der Waals surface area contributed by atoms with Crippen LogP contribution in [0, 0.1) is 25.7 Å². The Bertz CT molecular complexity index is 449. The molecule has 0 aromatic carbocycles. The first-order valence-electron chi connectivity index (χ1n) is 5.64. The second-order valence-electron chi connectivity index (χ2n) is 4.61. The number of rotatable bonds is 2. The molecule has 1 aliphatic rings. The molecule has 0 radical (unpaired) electrons. The number of hydrogen-bond acceptors (Lipinski definition) is 5. The Morgan fingerprint density at radius 1 is 1.29 bits per heavy atom. The number of carboxylic acids is 1. The van der Waals surface area contributed by atoms with E-state index in [1.165, 1.54) is 0 Å². The van der Waals surface area contributed by atoms with E-state index in [9.17, 15) is 4.79 Å². The van der Waals surface area contributed by atoms with Gasteiger partial charge in [0.15, 0.2) is 0 Å². The van der Waals surface area contributed by atoms with Crippen molar-refractivity contribution in [1.29, 1.82) is 0 Å². The summed E-state index contributed by atoms with van der Waals surface area (Å²) < 4.78 is 0. The van der Waals surface area contributed by atoms with Crippen LogP contribution in [0.4, 0.5) is 5.95 Å². The van der Waals surface area contributed by atoms with Gasteiger partial charge >= 0.3 is 5.97 Å². The van der Waals surface area contributed by atoms with E-state index in [-0.39, 0.29) is 11.8 Å². The van der Waals surface area contributed by atoms with Crippen molar-refractivity contribution in [2.45, 2.75) is 20.8 Å². The molecule has 6 heteroatoms. The van der Waals surface area contributed by atoms with Crippen LogP contribution in [-0.4, -0.2) is 39.3 Å². The number of aliphatic carboxylic acids is 1. The van der Waals surface area contributed by atoms with Gasteiger partial charge in [-0.1, -0.05) is 6.92 Å². The van der Waals surface area contributed by atoms with Gasteiger partial charge in [-0.05, 0) is 19.8 Å². The van der Waals surface area contributed by atoms with Crippen molar-refractivity contribution in [2.75, 3.05) is 18.0 Å². The Balaban J connectivity index is 2.19. The number of hydrogen-bond donors (Lipinski definition) is 1. The molecule has 1 fully saturated rings. The molecule has 1 N–H and O–H groups in total. The van der Waals surface area contributed by atoms with Gasteiger partial charge in [0.05, 0.1) is 17.3 Å². The van der Waals surface area contributed by atoms with Gasteiger partial charge in [-0.25, -0.2) is 4.98 Å². The summed E-state index contributed by atoms with van der Waals surface area (Å²) in [5.74, 6) is -0.460. The van der Waals surface area contributed by atoms with Gasteiger partial charge in [0.2, 0.25) is 5.95 Å². The molecule has 17 heavy (non-hydrogen) atoms. The Labute approximate surface area is 99.7 Å². The van der Waals surface area contributed by atoms with Crippen molar-refractivity contribution >= 4 is 11.9 Å². The molecule has 1 aromatic rings. The van der Waals surface area contributed by atoms with E-state index in [0.29, 0.717) is 19.0 Å². The smallest absolute Gasteiger partial charge is 0.308 e. The maximum atomic E-state index is 11.0. The molecule has 2 atom stereocenters. The van der Waals surface area contributed by atoms with Crippen LogP contribution in [-0.2, 0) is 4.79 Å². The van der Waals surface area contributed by atoms with Crippen LogP contribution >= 0.6 is 0 Å². The number of carbonyl (C=O) groups is 1. The quantitative estimate of drug-likeness (QED) is 0.812. The lowest BCUT2D eigenvalue weighted by Crippen LogP contribution is -2.25. The predicted octanol–water partition coefficient (Wildman–Crippen LogP) is 0.645. The van der Waals surface area contributed by atoms with Crippen LogP contribution < -0.4 is 4.90 Å². The van der Waals surface area contributed by atoms with Gasteiger partial charge in [-0.15, -0.1) is 5.10 Å². The van der Waals surface area contributed by atoms with Crippen molar-refractivity contribution in [3.63, 3.8) is 0 Å². The molecule has 92 valence electrons. The van der Waals surface area contributed by atoms with E-state index in [1.807, 2.05) is 25.7 Å². The first kappa shape index (κ1) is 11.8. The maximum Gasteiger partial charge on any atom is 0.308 e. The number of aryl methyl sites for hydroxylation is 2. The SMILES string of the molecule is Cc1nnc(N2C[C@@H](C)[C@H](C(=O)O)C2)nc1C. The van der Waals surface area contributed by atoms with E-state index in [1.54, 1.807) is 0 Å². The molecule has 1 saturated heterocycles. The van der Waals surface area contributed by atoms with Crippen LogP contribution in [0.3, 0.4) is 0 Å². The zero-order chi connectivity index (χ0) is 12.6. The molecule has 0 saturated carbocycles. The summed E-state index contributed by atoms with van der Waals surface area (Å²) in [5.41, 5.74) is 1.64. The molecule has 1 aromatic heterocycles. The summed E-state index contributed by atoms with van der Waals surface area (Å²) in [6, 6.07) is 0. The molecule has 0 aliphatic carbocycles. The van der Waals surface area contributed by atoms with E-state index < -0.39 is 5.97 Å². The van der Waals surface area contributed by atoms with Gasteiger partial charge in [-0.2, -0.15) is 5.10 Å². The third-order valence-electron chi connectivity index (χ3n) is 3.29. The van der Waals surface area contributed by atoms with Gasteiger partial charge in [0, 0.05) is 13.1 Å². The minimum absolute atomic E-state index is 0.109. The van der Waals surface area contributed by atoms with E-state index in [4.69, 9.17) is 5.11 Å². The van der Waals surface area contributed by atoms with Crippen molar-refractivity contribution < 1.29 is 9.90 Å². The van der Waals surface area contributed by atoms with Crippen molar-refractivity contribution in [3.05, 3.63) is 11.4 Å². The van der Waals surface area contributed by atoms with Gasteiger partial charge in [-0.3, -0.25) is 4.79 Å². The van der Waals surface area contributed by atoms with Crippen LogP contribution in [0.2, 0.25) is 0 Å². The lowest BCUT2D eigenvalue weighted by atomic mass is 9.99. The van der Waals surface area contributed by atoms with Crippen LogP contribution in [0.1, 0.15) is 18.3 Å². The topological polar surface area (TPSA) is 79.2 Å². The highest BCUT2D eigenvalue weighted by Gasteiger charge is 2.36. The predicted molar refractivity (Wildman–Crippen MR) is 61.8 cm³/mol. The van der Waals surface area contributed by atoms with Crippen LogP contribution in [0.25, 0.3) is 0 Å². The number of nitrogens with zero attached hydrogens (tertiary/aromatic N) is 4. The molecular formula is C11H16N4O2. The minimum Gasteiger partial charge on any atom is -0.481 e. The number of carboxylic acid groups (broad SMARTS) is 1. The maximum absolute atomic E-state index is 11.0. The van der Waals surface area contributed by atoms with E-state index in [2.05, 4.69) is 15.2 Å². The zero-order valence-electron chi connectivity index (χ0n) is 10.2. The Morgan fingerprint density at radius 2 is 2.00 bits per heavy atom. The molecule has 2 rings (SSSR count). The Morgan fingerprint density at radius 3 is 2.53 bits per heavy atom. The molecule has 6 nitrogen and oxygen atoms in total. The third-order valence-corrected chi connectivity index (χ3v) is 3.29. The molecule has 0 bridgehead atoms. The lowest BCUT2D eigenvalue weighted by molar-refractivity contribution is -0.142. The average molecular weight is 236 g/mol. The highest BCUT2D eigenvalue weighted by Crippen LogP contribution is 2.25. The van der Waals surface area contributed by atoms with Crippen molar-refractivity contribution in [3.8, 4) is 0 Å². The first-order valence-corrected chi connectivity index (χ1v) is 5.64. The molecule has 0 spiro atoms. The summed E-state index contributed by atoms with van der Waals surface area (Å²) in [5, 5.41) is 17.1. The number of aromatic nitrogens is 3. The van der Waals surface area contributed by atoms with Crippen molar-refractivity contribution in [1.82, 2.24) is 15.2 Å². The van der Waals surface area contributed by atoms with Crippen LogP contribution in [0.15, 0.2) is 0 Å². The van der Waals surface area contributed by atoms with Crippen molar-refractivity contribution in [2.24, 2.45) is 11.8 Å². The summed E-state index contributed by atoms with van der Waals surface area (Å²) in [7, 11) is 0. The summed E-state index contributed by atoms with van der Waals surface area (Å²) in [4.78, 5) is 17.3. The Hall–Kier alpha value is -1.72. The fourth-order valence-electron chi connectivity index (χ4n) is 2.03.